The van der Waals surface area contributed by atoms with Crippen LogP contribution in [0.4, 0.5) is 0 Å². The van der Waals surface area contributed by atoms with Crippen LogP contribution in [0.25, 0.3) is 0 Å². The molecule has 1 atom stereocenters. The highest BCUT2D eigenvalue weighted by Gasteiger charge is 2.13. The van der Waals surface area contributed by atoms with Crippen LogP contribution in [-0.4, -0.2) is 31.3 Å². The summed E-state index contributed by atoms with van der Waals surface area (Å²) in [4.78, 5) is 10.7. The Labute approximate surface area is 123 Å². The molecule has 0 amide bonds. The Morgan fingerprint density at radius 1 is 1.29 bits per heavy atom. The van der Waals surface area contributed by atoms with Crippen LogP contribution in [0.15, 0.2) is 24.3 Å². The molecule has 0 saturated heterocycles. The van der Waals surface area contributed by atoms with E-state index in [0.717, 1.165) is 18.7 Å². The molecule has 6 nitrogen and oxygen atoms in total. The summed E-state index contributed by atoms with van der Waals surface area (Å²) in [6, 6.07) is 8.40. The van der Waals surface area contributed by atoms with Crippen molar-refractivity contribution in [3.05, 3.63) is 41.2 Å². The summed E-state index contributed by atoms with van der Waals surface area (Å²) in [5.74, 6) is 0.00807. The van der Waals surface area contributed by atoms with Gasteiger partial charge in [0, 0.05) is 19.4 Å². The molecule has 0 saturated carbocycles. The van der Waals surface area contributed by atoms with Crippen molar-refractivity contribution in [2.24, 2.45) is 5.92 Å². The lowest BCUT2D eigenvalue weighted by atomic mass is 10.1. The Balaban J connectivity index is 1.93. The van der Waals surface area contributed by atoms with Gasteiger partial charge in [-0.2, -0.15) is 0 Å². The Bertz CT molecular complexity index is 592. The average Bonchev–Trinajstić information content (AvgIpc) is 2.84. The standard InChI is InChI=1S/C15H20N4O2/c1-11-3-5-13(6-4-11)7-8-14-16-17-18-19(14)10-12(2)9-15(20)21/h3-6,12H,7-10H2,1-2H3,(H,20,21). The number of tetrazole rings is 1. The zero-order valence-electron chi connectivity index (χ0n) is 12.4. The summed E-state index contributed by atoms with van der Waals surface area (Å²) in [7, 11) is 0. The van der Waals surface area contributed by atoms with Crippen LogP contribution in [-0.2, 0) is 24.2 Å². The maximum Gasteiger partial charge on any atom is 0.303 e. The van der Waals surface area contributed by atoms with E-state index in [1.54, 1.807) is 4.68 Å². The smallest absolute Gasteiger partial charge is 0.303 e. The van der Waals surface area contributed by atoms with Gasteiger partial charge in [0.25, 0.3) is 0 Å². The molecule has 2 rings (SSSR count). The molecule has 0 fully saturated rings. The van der Waals surface area contributed by atoms with Crippen molar-refractivity contribution >= 4 is 5.97 Å². The van der Waals surface area contributed by atoms with E-state index in [1.807, 2.05) is 6.92 Å². The van der Waals surface area contributed by atoms with Crippen LogP contribution in [0.5, 0.6) is 0 Å². The summed E-state index contributed by atoms with van der Waals surface area (Å²) in [5, 5.41) is 20.5. The highest BCUT2D eigenvalue weighted by molar-refractivity contribution is 5.66. The van der Waals surface area contributed by atoms with Crippen molar-refractivity contribution in [1.29, 1.82) is 0 Å². The van der Waals surface area contributed by atoms with E-state index in [4.69, 9.17) is 5.11 Å². The first-order chi connectivity index (χ1) is 10.0. The Kier molecular flexibility index (Phi) is 5.03. The number of benzene rings is 1. The minimum Gasteiger partial charge on any atom is -0.481 e. The van der Waals surface area contributed by atoms with E-state index in [9.17, 15) is 4.79 Å². The first-order valence-electron chi connectivity index (χ1n) is 7.07. The van der Waals surface area contributed by atoms with Crippen molar-refractivity contribution in [3.63, 3.8) is 0 Å². The van der Waals surface area contributed by atoms with Crippen molar-refractivity contribution in [3.8, 4) is 0 Å². The van der Waals surface area contributed by atoms with Gasteiger partial charge in [0.15, 0.2) is 5.82 Å². The number of hydrogen-bond acceptors (Lipinski definition) is 4. The molecule has 2 aromatic rings. The fourth-order valence-corrected chi connectivity index (χ4v) is 2.21. The largest absolute Gasteiger partial charge is 0.481 e. The Morgan fingerprint density at radius 3 is 2.67 bits per heavy atom. The van der Waals surface area contributed by atoms with Gasteiger partial charge in [0.2, 0.25) is 0 Å². The predicted molar refractivity (Wildman–Crippen MR) is 77.8 cm³/mol. The van der Waals surface area contributed by atoms with Crippen molar-refractivity contribution in [2.75, 3.05) is 0 Å². The van der Waals surface area contributed by atoms with E-state index < -0.39 is 5.97 Å². The molecule has 1 unspecified atom stereocenters. The van der Waals surface area contributed by atoms with Crippen molar-refractivity contribution in [1.82, 2.24) is 20.2 Å². The number of rotatable bonds is 7. The molecule has 21 heavy (non-hydrogen) atoms. The lowest BCUT2D eigenvalue weighted by molar-refractivity contribution is -0.138. The number of aliphatic carboxylic acids is 1. The van der Waals surface area contributed by atoms with E-state index >= 15 is 0 Å². The average molecular weight is 288 g/mol. The topological polar surface area (TPSA) is 80.9 Å². The molecule has 1 N–H and O–H groups in total. The molecule has 0 aliphatic heterocycles. The van der Waals surface area contributed by atoms with Gasteiger partial charge >= 0.3 is 5.97 Å². The van der Waals surface area contributed by atoms with Gasteiger partial charge in [0.05, 0.1) is 0 Å². The first kappa shape index (κ1) is 15.2. The van der Waals surface area contributed by atoms with Gasteiger partial charge in [-0.05, 0) is 35.3 Å². The summed E-state index contributed by atoms with van der Waals surface area (Å²) in [5.41, 5.74) is 2.49. The maximum atomic E-state index is 10.7. The third-order valence-corrected chi connectivity index (χ3v) is 3.37. The number of carboxylic acids is 1. The van der Waals surface area contributed by atoms with E-state index in [2.05, 4.69) is 46.7 Å². The molecule has 0 aliphatic carbocycles. The molecule has 0 radical (unpaired) electrons. The van der Waals surface area contributed by atoms with E-state index in [1.165, 1.54) is 11.1 Å². The van der Waals surface area contributed by atoms with Gasteiger partial charge in [-0.3, -0.25) is 4.79 Å². The van der Waals surface area contributed by atoms with Gasteiger partial charge in [-0.1, -0.05) is 36.8 Å². The summed E-state index contributed by atoms with van der Waals surface area (Å²) >= 11 is 0. The zero-order chi connectivity index (χ0) is 15.2. The lowest BCUT2D eigenvalue weighted by Gasteiger charge is -2.10. The summed E-state index contributed by atoms with van der Waals surface area (Å²) < 4.78 is 1.71. The fourth-order valence-electron chi connectivity index (χ4n) is 2.21. The van der Waals surface area contributed by atoms with Crippen molar-refractivity contribution < 1.29 is 9.90 Å². The fraction of sp³-hybridized carbons (Fsp3) is 0.467. The van der Waals surface area contributed by atoms with Crippen LogP contribution in [0.3, 0.4) is 0 Å². The van der Waals surface area contributed by atoms with Crippen LogP contribution in [0.1, 0.15) is 30.3 Å². The third-order valence-electron chi connectivity index (χ3n) is 3.37. The van der Waals surface area contributed by atoms with Crippen LogP contribution in [0.2, 0.25) is 0 Å². The van der Waals surface area contributed by atoms with Crippen LogP contribution >= 0.6 is 0 Å². The molecule has 0 spiro atoms. The number of carboxylic acid groups (broad SMARTS) is 1. The van der Waals surface area contributed by atoms with E-state index in [-0.39, 0.29) is 12.3 Å². The zero-order valence-corrected chi connectivity index (χ0v) is 12.4. The minimum atomic E-state index is -0.795. The number of hydrogen-bond donors (Lipinski definition) is 1. The van der Waals surface area contributed by atoms with Gasteiger partial charge in [-0.15, -0.1) is 5.10 Å². The number of nitrogens with zero attached hydrogens (tertiary/aromatic N) is 4. The Morgan fingerprint density at radius 2 is 2.00 bits per heavy atom. The maximum absolute atomic E-state index is 10.7. The molecular formula is C15H20N4O2. The van der Waals surface area contributed by atoms with Crippen LogP contribution < -0.4 is 0 Å². The monoisotopic (exact) mass is 288 g/mol. The third kappa shape index (κ3) is 4.66. The summed E-state index contributed by atoms with van der Waals surface area (Å²) in [6.07, 6.45) is 1.74. The molecule has 1 aromatic carbocycles. The van der Waals surface area contributed by atoms with Gasteiger partial charge < -0.3 is 5.11 Å². The van der Waals surface area contributed by atoms with Gasteiger partial charge in [0.1, 0.15) is 0 Å². The normalized spacial score (nSPS) is 12.3. The summed E-state index contributed by atoms with van der Waals surface area (Å²) in [6.45, 7) is 4.48. The molecule has 0 bridgehead atoms. The number of aromatic nitrogens is 4. The second kappa shape index (κ2) is 6.97. The minimum absolute atomic E-state index is 0.00382. The predicted octanol–water partition coefficient (Wildman–Crippen LogP) is 1.88. The first-order valence-corrected chi connectivity index (χ1v) is 7.07. The molecule has 1 heterocycles. The highest BCUT2D eigenvalue weighted by Crippen LogP contribution is 2.09. The second-order valence-electron chi connectivity index (χ2n) is 5.47. The second-order valence-corrected chi connectivity index (χ2v) is 5.47. The highest BCUT2D eigenvalue weighted by atomic mass is 16.4. The Hall–Kier alpha value is -2.24. The van der Waals surface area contributed by atoms with E-state index in [0.29, 0.717) is 6.54 Å². The van der Waals surface area contributed by atoms with Crippen molar-refractivity contribution in [2.45, 2.75) is 39.7 Å². The quantitative estimate of drug-likeness (QED) is 0.841. The molecular weight excluding hydrogens is 268 g/mol. The molecule has 0 aliphatic rings. The SMILES string of the molecule is Cc1ccc(CCc2nnnn2CC(C)CC(=O)O)cc1. The number of carbonyl (C=O) groups is 1. The molecule has 6 heteroatoms. The lowest BCUT2D eigenvalue weighted by Crippen LogP contribution is -2.15. The molecule has 1 aromatic heterocycles. The number of aryl methyl sites for hydroxylation is 3. The van der Waals surface area contributed by atoms with Gasteiger partial charge in [-0.25, -0.2) is 4.68 Å². The molecule has 112 valence electrons. The van der Waals surface area contributed by atoms with Crippen LogP contribution in [0, 0.1) is 12.8 Å².